The Bertz CT molecular complexity index is 493. The van der Waals surface area contributed by atoms with Crippen molar-refractivity contribution in [1.82, 2.24) is 0 Å². The lowest BCUT2D eigenvalue weighted by Crippen LogP contribution is -2.39. The highest BCUT2D eigenvalue weighted by Gasteiger charge is 2.63. The van der Waals surface area contributed by atoms with Gasteiger partial charge in [-0.1, -0.05) is 24.4 Å². The van der Waals surface area contributed by atoms with Crippen molar-refractivity contribution in [2.75, 3.05) is 5.32 Å². The van der Waals surface area contributed by atoms with Gasteiger partial charge in [0.15, 0.2) is 0 Å². The van der Waals surface area contributed by atoms with E-state index in [9.17, 15) is 13.2 Å². The fourth-order valence-electron chi connectivity index (χ4n) is 1.88. The Morgan fingerprint density at radius 1 is 1.39 bits per heavy atom. The smallest absolute Gasteiger partial charge is 0.389 e. The van der Waals surface area contributed by atoms with Gasteiger partial charge in [-0.15, -0.1) is 0 Å². The minimum absolute atomic E-state index is 0.0849. The van der Waals surface area contributed by atoms with Gasteiger partial charge in [-0.3, -0.25) is 0 Å². The van der Waals surface area contributed by atoms with E-state index in [2.05, 4.69) is 5.32 Å². The third-order valence-corrected chi connectivity index (χ3v) is 3.42. The van der Waals surface area contributed by atoms with Crippen molar-refractivity contribution in [3.8, 4) is 0 Å². The van der Waals surface area contributed by atoms with Crippen LogP contribution in [0.2, 0.25) is 0 Å². The Labute approximate surface area is 108 Å². The largest absolute Gasteiger partial charge is 0.411 e. The number of hydrogen-bond acceptors (Lipinski definition) is 2. The molecule has 18 heavy (non-hydrogen) atoms. The highest BCUT2D eigenvalue weighted by Crippen LogP contribution is 2.51. The van der Waals surface area contributed by atoms with Crippen molar-refractivity contribution < 1.29 is 13.2 Å². The molecule has 0 heterocycles. The lowest BCUT2D eigenvalue weighted by molar-refractivity contribution is -0.151. The molecule has 0 aromatic heterocycles. The van der Waals surface area contributed by atoms with E-state index in [0.29, 0.717) is 16.8 Å². The number of anilines is 1. The minimum Gasteiger partial charge on any atom is -0.389 e. The van der Waals surface area contributed by atoms with Crippen LogP contribution in [0.5, 0.6) is 0 Å². The van der Waals surface area contributed by atoms with Gasteiger partial charge in [0, 0.05) is 11.3 Å². The maximum absolute atomic E-state index is 12.9. The molecule has 1 fully saturated rings. The molecule has 1 aliphatic carbocycles. The SMILES string of the molecule is Cc1cccc(C(N)=S)c1NC1(C(F)(F)F)CC1. The van der Waals surface area contributed by atoms with Crippen LogP contribution in [-0.4, -0.2) is 16.7 Å². The number of hydrogen-bond donors (Lipinski definition) is 2. The lowest BCUT2D eigenvalue weighted by Gasteiger charge is -2.24. The molecular weight excluding hydrogens is 261 g/mol. The number of benzene rings is 1. The highest BCUT2D eigenvalue weighted by molar-refractivity contribution is 7.80. The van der Waals surface area contributed by atoms with Gasteiger partial charge in [0.25, 0.3) is 0 Å². The van der Waals surface area contributed by atoms with Crippen molar-refractivity contribution in [1.29, 1.82) is 0 Å². The van der Waals surface area contributed by atoms with Crippen LogP contribution in [0, 0.1) is 6.92 Å². The highest BCUT2D eigenvalue weighted by atomic mass is 32.1. The summed E-state index contributed by atoms with van der Waals surface area (Å²) in [5, 5.41) is 2.60. The quantitative estimate of drug-likeness (QED) is 0.832. The van der Waals surface area contributed by atoms with Crippen LogP contribution in [0.4, 0.5) is 18.9 Å². The molecule has 0 unspecified atom stereocenters. The number of para-hydroxylation sites is 1. The summed E-state index contributed by atoms with van der Waals surface area (Å²) in [6.07, 6.45) is -4.09. The van der Waals surface area contributed by atoms with E-state index in [-0.39, 0.29) is 17.8 Å². The van der Waals surface area contributed by atoms with Gasteiger partial charge < -0.3 is 11.1 Å². The van der Waals surface area contributed by atoms with Gasteiger partial charge >= 0.3 is 6.18 Å². The first-order valence-electron chi connectivity index (χ1n) is 5.51. The fraction of sp³-hybridized carbons (Fsp3) is 0.417. The van der Waals surface area contributed by atoms with Crippen LogP contribution in [0.25, 0.3) is 0 Å². The van der Waals surface area contributed by atoms with E-state index in [1.165, 1.54) is 0 Å². The van der Waals surface area contributed by atoms with E-state index in [0.717, 1.165) is 0 Å². The van der Waals surface area contributed by atoms with Gasteiger partial charge in [0.1, 0.15) is 10.5 Å². The zero-order valence-electron chi connectivity index (χ0n) is 9.77. The maximum Gasteiger partial charge on any atom is 0.411 e. The molecule has 0 amide bonds. The van der Waals surface area contributed by atoms with Crippen LogP contribution in [-0.2, 0) is 0 Å². The second-order valence-electron chi connectivity index (χ2n) is 4.57. The van der Waals surface area contributed by atoms with Gasteiger partial charge in [0.05, 0.1) is 0 Å². The van der Waals surface area contributed by atoms with Gasteiger partial charge in [-0.05, 0) is 31.4 Å². The van der Waals surface area contributed by atoms with Crippen LogP contribution < -0.4 is 11.1 Å². The molecule has 1 aromatic carbocycles. The first kappa shape index (κ1) is 13.1. The molecule has 0 spiro atoms. The van der Waals surface area contributed by atoms with Crippen LogP contribution in [0.3, 0.4) is 0 Å². The average Bonchev–Trinajstić information content (AvgIpc) is 3.00. The van der Waals surface area contributed by atoms with Crippen molar-refractivity contribution in [3.63, 3.8) is 0 Å². The van der Waals surface area contributed by atoms with Crippen LogP contribution in [0.1, 0.15) is 24.0 Å². The van der Waals surface area contributed by atoms with Crippen molar-refractivity contribution in [2.24, 2.45) is 5.73 Å². The molecular formula is C12H13F3N2S. The lowest BCUT2D eigenvalue weighted by atomic mass is 10.1. The van der Waals surface area contributed by atoms with E-state index in [4.69, 9.17) is 18.0 Å². The Morgan fingerprint density at radius 3 is 2.44 bits per heavy atom. The Kier molecular flexibility index (Phi) is 3.01. The maximum atomic E-state index is 12.9. The Balaban J connectivity index is 2.38. The predicted octanol–water partition coefficient (Wildman–Crippen LogP) is 3.14. The summed E-state index contributed by atoms with van der Waals surface area (Å²) in [4.78, 5) is 0.0965. The third-order valence-electron chi connectivity index (χ3n) is 3.20. The summed E-state index contributed by atoms with van der Waals surface area (Å²) in [5.74, 6) is 0. The molecule has 2 rings (SSSR count). The van der Waals surface area contributed by atoms with E-state index in [1.54, 1.807) is 25.1 Å². The molecule has 3 N–H and O–H groups in total. The fourth-order valence-corrected chi connectivity index (χ4v) is 2.05. The molecule has 0 atom stereocenters. The van der Waals surface area contributed by atoms with Gasteiger partial charge in [0.2, 0.25) is 0 Å². The van der Waals surface area contributed by atoms with E-state index >= 15 is 0 Å². The molecule has 98 valence electrons. The second-order valence-corrected chi connectivity index (χ2v) is 5.01. The van der Waals surface area contributed by atoms with Gasteiger partial charge in [-0.2, -0.15) is 13.2 Å². The minimum atomic E-state index is -4.26. The van der Waals surface area contributed by atoms with E-state index in [1.807, 2.05) is 0 Å². The molecule has 6 heteroatoms. The number of halogens is 3. The number of aryl methyl sites for hydroxylation is 1. The van der Waals surface area contributed by atoms with Crippen molar-refractivity contribution in [2.45, 2.75) is 31.5 Å². The number of nitrogens with one attached hydrogen (secondary N) is 1. The Hall–Kier alpha value is -1.30. The first-order chi connectivity index (χ1) is 8.27. The van der Waals surface area contributed by atoms with Crippen LogP contribution in [0.15, 0.2) is 18.2 Å². The monoisotopic (exact) mass is 274 g/mol. The number of nitrogens with two attached hydrogens (primary N) is 1. The molecule has 0 radical (unpaired) electrons. The van der Waals surface area contributed by atoms with E-state index < -0.39 is 11.7 Å². The summed E-state index contributed by atoms with van der Waals surface area (Å²) < 4.78 is 38.8. The number of thiocarbonyl (C=S) groups is 1. The first-order valence-corrected chi connectivity index (χ1v) is 5.92. The van der Waals surface area contributed by atoms with Gasteiger partial charge in [-0.25, -0.2) is 0 Å². The zero-order valence-corrected chi connectivity index (χ0v) is 10.6. The number of rotatable bonds is 3. The summed E-state index contributed by atoms with van der Waals surface area (Å²) in [7, 11) is 0. The van der Waals surface area contributed by atoms with Crippen molar-refractivity contribution >= 4 is 22.9 Å². The number of alkyl halides is 3. The molecule has 1 aromatic rings. The Morgan fingerprint density at radius 2 is 2.00 bits per heavy atom. The van der Waals surface area contributed by atoms with Crippen LogP contribution >= 0.6 is 12.2 Å². The average molecular weight is 274 g/mol. The second kappa shape index (κ2) is 4.12. The third kappa shape index (κ3) is 2.16. The molecule has 1 aliphatic rings. The summed E-state index contributed by atoms with van der Waals surface area (Å²) in [5.41, 5.74) is 5.29. The van der Waals surface area contributed by atoms with Crippen molar-refractivity contribution in [3.05, 3.63) is 29.3 Å². The topological polar surface area (TPSA) is 38.0 Å². The summed E-state index contributed by atoms with van der Waals surface area (Å²) in [6, 6.07) is 5.09. The molecule has 0 aliphatic heterocycles. The predicted molar refractivity (Wildman–Crippen MR) is 68.7 cm³/mol. The summed E-state index contributed by atoms with van der Waals surface area (Å²) >= 11 is 4.87. The molecule has 2 nitrogen and oxygen atoms in total. The molecule has 1 saturated carbocycles. The molecule has 0 bridgehead atoms. The zero-order chi connectivity index (χ0) is 13.6. The normalized spacial score (nSPS) is 17.3. The molecule has 0 saturated heterocycles. The standard InChI is InChI=1S/C12H13F3N2S/c1-7-3-2-4-8(10(16)18)9(7)17-11(5-6-11)12(13,14)15/h2-4,17H,5-6H2,1H3,(H2,16,18). The summed E-state index contributed by atoms with van der Waals surface area (Å²) in [6.45, 7) is 1.73.